The van der Waals surface area contributed by atoms with Gasteiger partial charge in [-0.3, -0.25) is 5.84 Å². The third kappa shape index (κ3) is 1.57. The molecule has 0 aliphatic heterocycles. The predicted molar refractivity (Wildman–Crippen MR) is 48.2 cm³/mol. The molecule has 1 aromatic rings. The van der Waals surface area contributed by atoms with Crippen molar-refractivity contribution in [2.45, 2.75) is 6.92 Å². The van der Waals surface area contributed by atoms with Crippen molar-refractivity contribution in [3.8, 4) is 0 Å². The number of nitrogen functional groups attached to an aromatic ring is 1. The van der Waals surface area contributed by atoms with Crippen LogP contribution < -0.4 is 11.3 Å². The smallest absolute Gasteiger partial charge is 0.350 e. The van der Waals surface area contributed by atoms with Gasteiger partial charge in [0.15, 0.2) is 0 Å². The second kappa shape index (κ2) is 3.55. The molecular weight excluding hydrogens is 176 g/mol. The van der Waals surface area contributed by atoms with Crippen molar-refractivity contribution in [3.63, 3.8) is 0 Å². The molecule has 1 heterocycles. The van der Waals surface area contributed by atoms with E-state index in [2.05, 4.69) is 10.2 Å². The lowest BCUT2D eigenvalue weighted by Crippen LogP contribution is -2.10. The van der Waals surface area contributed by atoms with Crippen molar-refractivity contribution >= 4 is 23.0 Å². The molecular formula is C7H10N2O2S. The first-order chi connectivity index (χ1) is 5.69. The van der Waals surface area contributed by atoms with Crippen molar-refractivity contribution < 1.29 is 9.53 Å². The van der Waals surface area contributed by atoms with Crippen LogP contribution in [-0.4, -0.2) is 13.1 Å². The number of nitrogens with two attached hydrogens (primary N) is 1. The van der Waals surface area contributed by atoms with Crippen molar-refractivity contribution in [2.75, 3.05) is 12.5 Å². The van der Waals surface area contributed by atoms with Gasteiger partial charge in [0.2, 0.25) is 0 Å². The van der Waals surface area contributed by atoms with Gasteiger partial charge < -0.3 is 10.2 Å². The monoisotopic (exact) mass is 186 g/mol. The first-order valence-electron chi connectivity index (χ1n) is 3.34. The summed E-state index contributed by atoms with van der Waals surface area (Å²) in [6, 6.07) is 1.80. The maximum Gasteiger partial charge on any atom is 0.350 e. The molecule has 1 aromatic heterocycles. The largest absolute Gasteiger partial charge is 0.465 e. The fraction of sp³-hybridized carbons (Fsp3) is 0.286. The molecule has 0 aliphatic carbocycles. The summed E-state index contributed by atoms with van der Waals surface area (Å²) >= 11 is 1.35. The number of methoxy groups -OCH3 is 1. The zero-order valence-corrected chi connectivity index (χ0v) is 7.70. The summed E-state index contributed by atoms with van der Waals surface area (Å²) < 4.78 is 4.57. The van der Waals surface area contributed by atoms with Gasteiger partial charge in [-0.1, -0.05) is 0 Å². The number of thiophene rings is 1. The van der Waals surface area contributed by atoms with Crippen molar-refractivity contribution in [1.82, 2.24) is 0 Å². The van der Waals surface area contributed by atoms with Crippen LogP contribution in [0.4, 0.5) is 5.69 Å². The van der Waals surface area contributed by atoms with E-state index in [1.54, 1.807) is 6.07 Å². The summed E-state index contributed by atoms with van der Waals surface area (Å²) in [6.45, 7) is 1.90. The highest BCUT2D eigenvalue weighted by Crippen LogP contribution is 2.26. The highest BCUT2D eigenvalue weighted by atomic mass is 32.1. The topological polar surface area (TPSA) is 64.3 Å². The van der Waals surface area contributed by atoms with E-state index in [9.17, 15) is 4.79 Å². The molecule has 0 fully saturated rings. The third-order valence-electron chi connectivity index (χ3n) is 1.38. The molecule has 0 saturated heterocycles. The van der Waals surface area contributed by atoms with E-state index >= 15 is 0 Å². The number of ether oxygens (including phenoxy) is 1. The molecule has 0 bridgehead atoms. The Morgan fingerprint density at radius 3 is 2.92 bits per heavy atom. The summed E-state index contributed by atoms with van der Waals surface area (Å²) in [7, 11) is 1.34. The Morgan fingerprint density at radius 1 is 1.75 bits per heavy atom. The predicted octanol–water partition coefficient (Wildman–Crippen LogP) is 1.13. The zero-order chi connectivity index (χ0) is 9.14. The molecule has 0 radical (unpaired) electrons. The van der Waals surface area contributed by atoms with Gasteiger partial charge in [-0.05, 0) is 13.0 Å². The number of carbonyl (C=O) groups is 1. The quantitative estimate of drug-likeness (QED) is 0.413. The minimum absolute atomic E-state index is 0.360. The maximum absolute atomic E-state index is 11.1. The molecule has 0 unspecified atom stereocenters. The number of hydrazine groups is 1. The molecule has 4 nitrogen and oxygen atoms in total. The normalized spacial score (nSPS) is 9.58. The Bertz CT molecular complexity index is 296. The summed E-state index contributed by atoms with van der Waals surface area (Å²) in [5.74, 6) is 4.85. The number of esters is 1. The first kappa shape index (κ1) is 9.02. The van der Waals surface area contributed by atoms with Crippen LogP contribution >= 0.6 is 11.3 Å². The Labute approximate surface area is 74.3 Å². The van der Waals surface area contributed by atoms with Gasteiger partial charge in [0.05, 0.1) is 12.8 Å². The zero-order valence-electron chi connectivity index (χ0n) is 6.88. The number of hydrogen-bond donors (Lipinski definition) is 2. The molecule has 12 heavy (non-hydrogen) atoms. The van der Waals surface area contributed by atoms with Crippen molar-refractivity contribution in [2.24, 2.45) is 5.84 Å². The van der Waals surface area contributed by atoms with E-state index < -0.39 is 0 Å². The summed E-state index contributed by atoms with van der Waals surface area (Å²) in [5.41, 5.74) is 3.06. The van der Waals surface area contributed by atoms with Crippen LogP contribution in [0.25, 0.3) is 0 Å². The molecule has 0 saturated carbocycles. The van der Waals surface area contributed by atoms with E-state index in [4.69, 9.17) is 5.84 Å². The number of rotatable bonds is 2. The number of carbonyl (C=O) groups excluding carboxylic acids is 1. The highest BCUT2D eigenvalue weighted by molar-refractivity contribution is 7.14. The first-order valence-corrected chi connectivity index (χ1v) is 4.16. The average Bonchev–Trinajstić information content (AvgIpc) is 2.45. The van der Waals surface area contributed by atoms with Crippen LogP contribution in [0.2, 0.25) is 0 Å². The molecule has 0 spiro atoms. The minimum Gasteiger partial charge on any atom is -0.465 e. The van der Waals surface area contributed by atoms with Crippen LogP contribution in [0.15, 0.2) is 6.07 Å². The maximum atomic E-state index is 11.1. The van der Waals surface area contributed by atoms with Crippen molar-refractivity contribution in [3.05, 3.63) is 15.8 Å². The number of aryl methyl sites for hydroxylation is 1. The average molecular weight is 186 g/mol. The Hall–Kier alpha value is -1.07. The summed E-state index contributed by atoms with van der Waals surface area (Å²) in [4.78, 5) is 12.6. The Balaban J connectivity index is 3.04. The molecule has 0 atom stereocenters. The second-order valence-corrected chi connectivity index (χ2v) is 3.49. The van der Waals surface area contributed by atoms with Gasteiger partial charge in [0.25, 0.3) is 0 Å². The van der Waals surface area contributed by atoms with Gasteiger partial charge in [0, 0.05) is 4.88 Å². The number of nitrogens with one attached hydrogen (secondary N) is 1. The molecule has 0 aromatic carbocycles. The number of anilines is 1. The van der Waals surface area contributed by atoms with Gasteiger partial charge in [0.1, 0.15) is 4.88 Å². The fourth-order valence-electron chi connectivity index (χ4n) is 0.866. The molecule has 66 valence electrons. The summed E-state index contributed by atoms with van der Waals surface area (Å²) in [5, 5.41) is 0. The standard InChI is InChI=1S/C7H10N2O2S/c1-4-3-5(9-8)6(12-4)7(10)11-2/h3,9H,8H2,1-2H3. The fourth-order valence-corrected chi connectivity index (χ4v) is 1.76. The minimum atomic E-state index is -0.360. The van der Waals surface area contributed by atoms with Crippen molar-refractivity contribution in [1.29, 1.82) is 0 Å². The van der Waals surface area contributed by atoms with E-state index in [1.165, 1.54) is 18.4 Å². The second-order valence-electron chi connectivity index (χ2n) is 2.24. The van der Waals surface area contributed by atoms with Gasteiger partial charge in [-0.25, -0.2) is 4.79 Å². The number of hydrogen-bond acceptors (Lipinski definition) is 5. The van der Waals surface area contributed by atoms with E-state index in [1.807, 2.05) is 6.92 Å². The summed E-state index contributed by atoms with van der Waals surface area (Å²) in [6.07, 6.45) is 0. The van der Waals surface area contributed by atoms with Crippen LogP contribution in [0.5, 0.6) is 0 Å². The lowest BCUT2D eigenvalue weighted by atomic mass is 10.4. The molecule has 0 aliphatic rings. The SMILES string of the molecule is COC(=O)c1sc(C)cc1NN. The van der Waals surface area contributed by atoms with E-state index in [0.717, 1.165) is 4.88 Å². The Morgan fingerprint density at radius 2 is 2.42 bits per heavy atom. The van der Waals surface area contributed by atoms with Crippen LogP contribution in [0.3, 0.4) is 0 Å². The van der Waals surface area contributed by atoms with Crippen LogP contribution in [0, 0.1) is 6.92 Å². The lowest BCUT2D eigenvalue weighted by Gasteiger charge is -1.98. The molecule has 3 N–H and O–H groups in total. The van der Waals surface area contributed by atoms with E-state index in [-0.39, 0.29) is 5.97 Å². The van der Waals surface area contributed by atoms with Crippen LogP contribution in [0.1, 0.15) is 14.5 Å². The van der Waals surface area contributed by atoms with Gasteiger partial charge in [-0.15, -0.1) is 11.3 Å². The van der Waals surface area contributed by atoms with E-state index in [0.29, 0.717) is 10.6 Å². The molecule has 5 heteroatoms. The molecule has 1 rings (SSSR count). The van der Waals surface area contributed by atoms with Crippen LogP contribution in [-0.2, 0) is 4.74 Å². The highest BCUT2D eigenvalue weighted by Gasteiger charge is 2.14. The van der Waals surface area contributed by atoms with Gasteiger partial charge >= 0.3 is 5.97 Å². The Kier molecular flexibility index (Phi) is 2.67. The molecule has 0 amide bonds. The third-order valence-corrected chi connectivity index (χ3v) is 2.41. The lowest BCUT2D eigenvalue weighted by molar-refractivity contribution is 0.0607. The van der Waals surface area contributed by atoms with Gasteiger partial charge in [-0.2, -0.15) is 0 Å².